The molecule has 0 aromatic heterocycles. The van der Waals surface area contributed by atoms with Gasteiger partial charge in [-0.15, -0.1) is 0 Å². The van der Waals surface area contributed by atoms with E-state index in [0.29, 0.717) is 12.0 Å². The van der Waals surface area contributed by atoms with Gasteiger partial charge in [0.2, 0.25) is 0 Å². The van der Waals surface area contributed by atoms with Crippen molar-refractivity contribution in [3.05, 3.63) is 34.9 Å². The van der Waals surface area contributed by atoms with E-state index in [2.05, 4.69) is 38.4 Å². The molecule has 1 unspecified atom stereocenters. The number of rotatable bonds is 2. The van der Waals surface area contributed by atoms with E-state index >= 15 is 0 Å². The van der Waals surface area contributed by atoms with Crippen molar-refractivity contribution < 1.29 is 9.53 Å². The quantitative estimate of drug-likeness (QED) is 0.442. The van der Waals surface area contributed by atoms with Crippen LogP contribution in [0.15, 0.2) is 34.9 Å². The van der Waals surface area contributed by atoms with Crippen LogP contribution in [0.2, 0.25) is 0 Å². The lowest BCUT2D eigenvalue weighted by Gasteiger charge is -2.26. The molecule has 0 saturated heterocycles. The fourth-order valence-electron chi connectivity index (χ4n) is 0.956. The maximum atomic E-state index is 11.3. The van der Waals surface area contributed by atoms with E-state index in [-0.39, 0.29) is 0 Å². The molecule has 0 aromatic rings. The molecule has 4 heteroatoms. The van der Waals surface area contributed by atoms with Gasteiger partial charge in [-0.05, 0) is 28.9 Å². The molecule has 0 bridgehead atoms. The largest absolute Gasteiger partial charge is 0.440 e. The highest BCUT2D eigenvalue weighted by atomic mass is 79.9. The van der Waals surface area contributed by atoms with E-state index in [1.165, 1.54) is 0 Å². The van der Waals surface area contributed by atoms with E-state index in [9.17, 15) is 4.79 Å². The summed E-state index contributed by atoms with van der Waals surface area (Å²) in [7, 11) is 0. The van der Waals surface area contributed by atoms with Crippen LogP contribution in [0.1, 0.15) is 13.3 Å². The van der Waals surface area contributed by atoms with Gasteiger partial charge in [0.25, 0.3) is 0 Å². The number of carbonyl (C=O) groups is 1. The Labute approximate surface area is 100.0 Å². The van der Waals surface area contributed by atoms with Crippen molar-refractivity contribution in [2.75, 3.05) is 0 Å². The number of allylic oxidation sites excluding steroid dienone is 2. The molecule has 2 nitrogen and oxygen atoms in total. The molecular formula is C10H10Br2O2. The van der Waals surface area contributed by atoms with Gasteiger partial charge in [-0.3, -0.25) is 0 Å². The third kappa shape index (κ3) is 3.10. The molecule has 1 atom stereocenters. The predicted molar refractivity (Wildman–Crippen MR) is 63.3 cm³/mol. The van der Waals surface area contributed by atoms with Crippen LogP contribution >= 0.6 is 31.9 Å². The maximum Gasteiger partial charge on any atom is 0.334 e. The topological polar surface area (TPSA) is 26.3 Å². The molecule has 1 aliphatic rings. The summed E-state index contributed by atoms with van der Waals surface area (Å²) in [5.74, 6) is -0.395. The molecule has 14 heavy (non-hydrogen) atoms. The molecule has 0 N–H and O–H groups in total. The Balaban J connectivity index is 2.69. The minimum Gasteiger partial charge on any atom is -0.440 e. The van der Waals surface area contributed by atoms with Crippen LogP contribution < -0.4 is 0 Å². The second-order valence-electron chi connectivity index (χ2n) is 3.11. The van der Waals surface area contributed by atoms with Gasteiger partial charge in [0.15, 0.2) is 4.51 Å². The second kappa shape index (κ2) is 4.45. The van der Waals surface area contributed by atoms with E-state index in [1.54, 1.807) is 13.0 Å². The Bertz CT molecular complexity index is 331. The molecule has 0 radical (unpaired) electrons. The van der Waals surface area contributed by atoms with Gasteiger partial charge in [0, 0.05) is 16.5 Å². The first-order valence-corrected chi connectivity index (χ1v) is 5.63. The van der Waals surface area contributed by atoms with Gasteiger partial charge in [0.05, 0.1) is 0 Å². The predicted octanol–water partition coefficient (Wildman–Crippen LogP) is 3.44. The van der Waals surface area contributed by atoms with E-state index in [4.69, 9.17) is 4.74 Å². The summed E-state index contributed by atoms with van der Waals surface area (Å²) in [5, 5.41) is 0. The van der Waals surface area contributed by atoms with Gasteiger partial charge in [0.1, 0.15) is 0 Å². The smallest absolute Gasteiger partial charge is 0.334 e. The Morgan fingerprint density at radius 1 is 1.71 bits per heavy atom. The molecule has 1 aliphatic carbocycles. The highest BCUT2D eigenvalue weighted by Gasteiger charge is 2.30. The number of carbonyl (C=O) groups excluding carboxylic acids is 1. The number of alkyl halides is 1. The first-order chi connectivity index (χ1) is 6.43. The number of ether oxygens (including phenoxy) is 1. The summed E-state index contributed by atoms with van der Waals surface area (Å²) in [4.78, 5) is 11.3. The maximum absolute atomic E-state index is 11.3. The van der Waals surface area contributed by atoms with Crippen LogP contribution in [0.5, 0.6) is 0 Å². The van der Waals surface area contributed by atoms with E-state index < -0.39 is 10.5 Å². The third-order valence-corrected chi connectivity index (χ3v) is 2.89. The lowest BCUT2D eigenvalue weighted by molar-refractivity contribution is -0.143. The van der Waals surface area contributed by atoms with Crippen LogP contribution in [0.4, 0.5) is 0 Å². The van der Waals surface area contributed by atoms with Crippen molar-refractivity contribution in [2.45, 2.75) is 17.9 Å². The molecule has 76 valence electrons. The summed E-state index contributed by atoms with van der Waals surface area (Å²) < 4.78 is 5.47. The van der Waals surface area contributed by atoms with Crippen LogP contribution in [0.3, 0.4) is 0 Å². The zero-order valence-electron chi connectivity index (χ0n) is 7.72. The first kappa shape index (κ1) is 11.7. The highest BCUT2D eigenvalue weighted by Crippen LogP contribution is 2.35. The number of hydrogen-bond donors (Lipinski definition) is 0. The number of halogens is 2. The van der Waals surface area contributed by atoms with Crippen molar-refractivity contribution in [3.63, 3.8) is 0 Å². The summed E-state index contributed by atoms with van der Waals surface area (Å²) in [6.45, 7) is 5.15. The van der Waals surface area contributed by atoms with Gasteiger partial charge in [-0.25, -0.2) is 4.79 Å². The van der Waals surface area contributed by atoms with Crippen molar-refractivity contribution in [3.8, 4) is 0 Å². The molecule has 0 aliphatic heterocycles. The van der Waals surface area contributed by atoms with E-state index in [0.717, 1.165) is 4.48 Å². The zero-order chi connectivity index (χ0) is 10.8. The molecule has 0 fully saturated rings. The molecule has 0 amide bonds. The lowest BCUT2D eigenvalue weighted by Crippen LogP contribution is -2.27. The molecule has 0 spiro atoms. The Hall–Kier alpha value is -0.350. The third-order valence-electron chi connectivity index (χ3n) is 1.64. The zero-order valence-corrected chi connectivity index (χ0v) is 10.9. The van der Waals surface area contributed by atoms with Crippen LogP contribution in [-0.2, 0) is 9.53 Å². The summed E-state index contributed by atoms with van der Waals surface area (Å²) in [6, 6.07) is 0. The first-order valence-electron chi connectivity index (χ1n) is 4.05. The number of esters is 1. The monoisotopic (exact) mass is 320 g/mol. The molecular weight excluding hydrogens is 312 g/mol. The summed E-state index contributed by atoms with van der Waals surface area (Å²) >= 11 is 6.72. The molecule has 0 aromatic carbocycles. The van der Waals surface area contributed by atoms with Crippen molar-refractivity contribution >= 4 is 37.8 Å². The van der Waals surface area contributed by atoms with E-state index in [1.807, 2.05) is 12.2 Å². The minimum atomic E-state index is -0.739. The number of hydrogen-bond acceptors (Lipinski definition) is 2. The highest BCUT2D eigenvalue weighted by molar-refractivity contribution is 9.12. The summed E-state index contributed by atoms with van der Waals surface area (Å²) in [6.07, 6.45) is 6.11. The van der Waals surface area contributed by atoms with Crippen molar-refractivity contribution in [1.82, 2.24) is 0 Å². The molecule has 1 rings (SSSR count). The average Bonchev–Trinajstić information content (AvgIpc) is 2.02. The standard InChI is InChI=1S/C10H10Br2O2/c1-7(2)9(13)14-10(12)5-3-4-8(11)6-10/h3-5H,1,6H2,2H3. The average molecular weight is 322 g/mol. The minimum absolute atomic E-state index is 0.392. The van der Waals surface area contributed by atoms with Crippen LogP contribution in [-0.4, -0.2) is 10.5 Å². The fourth-order valence-corrected chi connectivity index (χ4v) is 2.50. The fraction of sp³-hybridized carbons (Fsp3) is 0.300. The van der Waals surface area contributed by atoms with Gasteiger partial charge < -0.3 is 4.74 Å². The van der Waals surface area contributed by atoms with Crippen molar-refractivity contribution in [1.29, 1.82) is 0 Å². The van der Waals surface area contributed by atoms with Gasteiger partial charge in [-0.1, -0.05) is 34.7 Å². The Morgan fingerprint density at radius 2 is 2.36 bits per heavy atom. The molecule has 0 heterocycles. The van der Waals surface area contributed by atoms with Gasteiger partial charge in [-0.2, -0.15) is 0 Å². The Morgan fingerprint density at radius 3 is 2.86 bits per heavy atom. The van der Waals surface area contributed by atoms with Gasteiger partial charge >= 0.3 is 5.97 Å². The van der Waals surface area contributed by atoms with Crippen LogP contribution in [0.25, 0.3) is 0 Å². The molecule has 0 saturated carbocycles. The Kier molecular flexibility index (Phi) is 3.72. The normalized spacial score (nSPS) is 25.5. The summed E-state index contributed by atoms with van der Waals surface area (Å²) in [5.41, 5.74) is 0.392. The second-order valence-corrected chi connectivity index (χ2v) is 5.47. The van der Waals surface area contributed by atoms with Crippen LogP contribution in [0, 0.1) is 0 Å². The lowest BCUT2D eigenvalue weighted by atomic mass is 10.1. The SMILES string of the molecule is C=C(C)C(=O)OC1(Br)C=CC=C(Br)C1. The van der Waals surface area contributed by atoms with Crippen molar-refractivity contribution in [2.24, 2.45) is 0 Å².